The van der Waals surface area contributed by atoms with E-state index in [-0.39, 0.29) is 18.2 Å². The Morgan fingerprint density at radius 1 is 1.22 bits per heavy atom. The SMILES string of the molecule is CC(NCCC(O)C(C)C)c1ccc(NC(=O)NC2CC2)cc1. The molecule has 2 atom stereocenters. The Morgan fingerprint density at radius 3 is 2.43 bits per heavy atom. The third-order valence-electron chi connectivity index (χ3n) is 4.24. The highest BCUT2D eigenvalue weighted by Crippen LogP contribution is 2.19. The second kappa shape index (κ2) is 8.31. The summed E-state index contributed by atoms with van der Waals surface area (Å²) in [6, 6.07) is 8.32. The van der Waals surface area contributed by atoms with Gasteiger partial charge in [-0.15, -0.1) is 0 Å². The molecule has 5 nitrogen and oxygen atoms in total. The summed E-state index contributed by atoms with van der Waals surface area (Å²) in [6.45, 7) is 6.94. The Bertz CT molecular complexity index is 497. The molecule has 1 aliphatic rings. The van der Waals surface area contributed by atoms with Gasteiger partial charge in [-0.05, 0) is 56.3 Å². The summed E-state index contributed by atoms with van der Waals surface area (Å²) in [5.41, 5.74) is 1.96. The molecule has 5 heteroatoms. The van der Waals surface area contributed by atoms with Crippen LogP contribution in [0.2, 0.25) is 0 Å². The van der Waals surface area contributed by atoms with Crippen molar-refractivity contribution in [2.24, 2.45) is 5.92 Å². The fourth-order valence-electron chi connectivity index (χ4n) is 2.33. The Hall–Kier alpha value is -1.59. The van der Waals surface area contributed by atoms with Gasteiger partial charge in [0.1, 0.15) is 0 Å². The van der Waals surface area contributed by atoms with Crippen LogP contribution in [-0.4, -0.2) is 29.8 Å². The van der Waals surface area contributed by atoms with Crippen LogP contribution in [0.25, 0.3) is 0 Å². The zero-order valence-electron chi connectivity index (χ0n) is 14.3. The molecule has 2 unspecified atom stereocenters. The molecule has 1 aliphatic carbocycles. The van der Waals surface area contributed by atoms with Gasteiger partial charge in [-0.1, -0.05) is 26.0 Å². The number of rotatable bonds is 8. The average molecular weight is 319 g/mol. The number of urea groups is 1. The minimum atomic E-state index is -0.258. The van der Waals surface area contributed by atoms with Crippen LogP contribution in [0, 0.1) is 5.92 Å². The average Bonchev–Trinajstić information content (AvgIpc) is 3.31. The van der Waals surface area contributed by atoms with E-state index in [2.05, 4.69) is 22.9 Å². The van der Waals surface area contributed by atoms with Crippen molar-refractivity contribution in [2.75, 3.05) is 11.9 Å². The first-order valence-corrected chi connectivity index (χ1v) is 8.54. The summed E-state index contributed by atoms with van der Waals surface area (Å²) >= 11 is 0. The van der Waals surface area contributed by atoms with Crippen molar-refractivity contribution in [1.82, 2.24) is 10.6 Å². The number of hydrogen-bond acceptors (Lipinski definition) is 3. The molecule has 0 heterocycles. The minimum absolute atomic E-state index is 0.130. The Labute approximate surface area is 138 Å². The van der Waals surface area contributed by atoms with E-state index in [0.29, 0.717) is 12.0 Å². The third-order valence-corrected chi connectivity index (χ3v) is 4.24. The van der Waals surface area contributed by atoms with E-state index in [1.54, 1.807) is 0 Å². The number of nitrogens with one attached hydrogen (secondary N) is 3. The van der Waals surface area contributed by atoms with Gasteiger partial charge in [0.2, 0.25) is 0 Å². The highest BCUT2D eigenvalue weighted by molar-refractivity contribution is 5.89. The van der Waals surface area contributed by atoms with Gasteiger partial charge < -0.3 is 21.1 Å². The maximum absolute atomic E-state index is 11.7. The predicted molar refractivity (Wildman–Crippen MR) is 93.5 cm³/mol. The summed E-state index contributed by atoms with van der Waals surface area (Å²) in [7, 11) is 0. The molecular formula is C18H29N3O2. The summed E-state index contributed by atoms with van der Waals surface area (Å²) in [5.74, 6) is 0.291. The number of hydrogen-bond donors (Lipinski definition) is 4. The molecule has 1 saturated carbocycles. The van der Waals surface area contributed by atoms with Crippen molar-refractivity contribution in [2.45, 2.75) is 58.2 Å². The lowest BCUT2D eigenvalue weighted by molar-refractivity contribution is 0.115. The molecule has 0 aliphatic heterocycles. The number of carbonyl (C=O) groups excluding carboxylic acids is 1. The maximum Gasteiger partial charge on any atom is 0.319 e. The van der Waals surface area contributed by atoms with Crippen molar-refractivity contribution < 1.29 is 9.90 Å². The monoisotopic (exact) mass is 319 g/mol. The Balaban J connectivity index is 1.75. The number of aliphatic hydroxyl groups is 1. The van der Waals surface area contributed by atoms with E-state index in [9.17, 15) is 9.90 Å². The number of anilines is 1. The quantitative estimate of drug-likeness (QED) is 0.595. The number of carbonyl (C=O) groups is 1. The van der Waals surface area contributed by atoms with Crippen LogP contribution in [0.5, 0.6) is 0 Å². The highest BCUT2D eigenvalue weighted by Gasteiger charge is 2.23. The first-order chi connectivity index (χ1) is 11.0. The molecule has 23 heavy (non-hydrogen) atoms. The van der Waals surface area contributed by atoms with E-state index >= 15 is 0 Å². The predicted octanol–water partition coefficient (Wildman–Crippen LogP) is 3.03. The second-order valence-corrected chi connectivity index (χ2v) is 6.77. The summed E-state index contributed by atoms with van der Waals surface area (Å²) in [5, 5.41) is 19.0. The first kappa shape index (κ1) is 17.8. The molecule has 0 saturated heterocycles. The summed E-state index contributed by atoms with van der Waals surface area (Å²) < 4.78 is 0. The molecule has 1 fully saturated rings. The van der Waals surface area contributed by atoms with Gasteiger partial charge in [0.05, 0.1) is 6.10 Å². The van der Waals surface area contributed by atoms with E-state index in [1.165, 1.54) is 0 Å². The Kier molecular flexibility index (Phi) is 6.42. The highest BCUT2D eigenvalue weighted by atomic mass is 16.3. The molecule has 0 spiro atoms. The van der Waals surface area contributed by atoms with Crippen LogP contribution in [-0.2, 0) is 0 Å². The molecule has 0 radical (unpaired) electrons. The van der Waals surface area contributed by atoms with Gasteiger partial charge in [0.25, 0.3) is 0 Å². The molecule has 2 amide bonds. The van der Waals surface area contributed by atoms with E-state index in [4.69, 9.17) is 0 Å². The van der Waals surface area contributed by atoms with Gasteiger partial charge in [-0.25, -0.2) is 4.79 Å². The molecule has 1 aromatic rings. The molecule has 2 rings (SSSR count). The van der Waals surface area contributed by atoms with Crippen molar-refractivity contribution >= 4 is 11.7 Å². The van der Waals surface area contributed by atoms with Crippen LogP contribution in [0.4, 0.5) is 10.5 Å². The van der Waals surface area contributed by atoms with Crippen molar-refractivity contribution in [3.63, 3.8) is 0 Å². The Morgan fingerprint density at radius 2 is 1.87 bits per heavy atom. The van der Waals surface area contributed by atoms with E-state index in [1.807, 2.05) is 38.1 Å². The molecule has 128 valence electrons. The lowest BCUT2D eigenvalue weighted by Crippen LogP contribution is -2.30. The fourth-order valence-corrected chi connectivity index (χ4v) is 2.33. The third kappa shape index (κ3) is 6.20. The van der Waals surface area contributed by atoms with Gasteiger partial charge in [0, 0.05) is 17.8 Å². The molecule has 4 N–H and O–H groups in total. The standard InChI is InChI=1S/C18H29N3O2/c1-12(2)17(22)10-11-19-13(3)14-4-6-15(7-5-14)20-18(23)21-16-8-9-16/h4-7,12-13,16-17,19,22H,8-11H2,1-3H3,(H2,20,21,23). The minimum Gasteiger partial charge on any atom is -0.393 e. The lowest BCUT2D eigenvalue weighted by atomic mass is 10.0. The fraction of sp³-hybridized carbons (Fsp3) is 0.611. The summed E-state index contributed by atoms with van der Waals surface area (Å²) in [4.78, 5) is 11.7. The molecule has 0 bridgehead atoms. The van der Waals surface area contributed by atoms with Crippen LogP contribution >= 0.6 is 0 Å². The maximum atomic E-state index is 11.7. The van der Waals surface area contributed by atoms with E-state index < -0.39 is 0 Å². The smallest absolute Gasteiger partial charge is 0.319 e. The van der Waals surface area contributed by atoms with Crippen LogP contribution in [0.3, 0.4) is 0 Å². The lowest BCUT2D eigenvalue weighted by Gasteiger charge is -2.18. The van der Waals surface area contributed by atoms with E-state index in [0.717, 1.165) is 37.1 Å². The topological polar surface area (TPSA) is 73.4 Å². The molecular weight excluding hydrogens is 290 g/mol. The van der Waals surface area contributed by atoms with Crippen LogP contribution < -0.4 is 16.0 Å². The van der Waals surface area contributed by atoms with Gasteiger partial charge in [-0.2, -0.15) is 0 Å². The zero-order valence-corrected chi connectivity index (χ0v) is 14.3. The number of aliphatic hydroxyl groups excluding tert-OH is 1. The van der Waals surface area contributed by atoms with Gasteiger partial charge >= 0.3 is 6.03 Å². The van der Waals surface area contributed by atoms with Crippen LogP contribution in [0.1, 0.15) is 51.6 Å². The largest absolute Gasteiger partial charge is 0.393 e. The second-order valence-electron chi connectivity index (χ2n) is 6.77. The van der Waals surface area contributed by atoms with Crippen LogP contribution in [0.15, 0.2) is 24.3 Å². The number of benzene rings is 1. The normalized spacial score (nSPS) is 16.9. The number of amides is 2. The summed E-state index contributed by atoms with van der Waals surface area (Å²) in [6.07, 6.45) is 2.66. The van der Waals surface area contributed by atoms with Crippen molar-refractivity contribution in [3.8, 4) is 0 Å². The van der Waals surface area contributed by atoms with Gasteiger partial charge in [-0.3, -0.25) is 0 Å². The molecule has 0 aromatic heterocycles. The first-order valence-electron chi connectivity index (χ1n) is 8.54. The van der Waals surface area contributed by atoms with Gasteiger partial charge in [0.15, 0.2) is 0 Å². The molecule has 1 aromatic carbocycles. The van der Waals surface area contributed by atoms with Crippen molar-refractivity contribution in [1.29, 1.82) is 0 Å². The zero-order chi connectivity index (χ0) is 16.8. The van der Waals surface area contributed by atoms with Crippen molar-refractivity contribution in [3.05, 3.63) is 29.8 Å².